The smallest absolute Gasteiger partial charge is 0.453 e. The Morgan fingerprint density at radius 1 is 1.03 bits per heavy atom. The molecule has 3 aromatic heterocycles. The third-order valence-electron chi connectivity index (χ3n) is 6.36. The van der Waals surface area contributed by atoms with Crippen molar-refractivity contribution in [3.05, 3.63) is 65.7 Å². The fourth-order valence-corrected chi connectivity index (χ4v) is 4.30. The van der Waals surface area contributed by atoms with Gasteiger partial charge >= 0.3 is 6.18 Å². The van der Waals surface area contributed by atoms with Crippen LogP contribution in [0.5, 0.6) is 5.75 Å². The number of halogens is 3. The molecule has 4 heterocycles. The summed E-state index contributed by atoms with van der Waals surface area (Å²) in [6.07, 6.45) is -1.36. The third kappa shape index (κ3) is 4.65. The van der Waals surface area contributed by atoms with Gasteiger partial charge in [-0.25, -0.2) is 0 Å². The average molecular weight is 487 g/mol. The highest BCUT2D eigenvalue weighted by Gasteiger charge is 2.38. The van der Waals surface area contributed by atoms with Gasteiger partial charge in [-0.15, -0.1) is 15.3 Å². The molecule has 12 heteroatoms. The molecule has 35 heavy (non-hydrogen) atoms. The Bertz CT molecular complexity index is 1310. The molecule has 5 rings (SSSR count). The number of aliphatic hydroxyl groups is 1. The molecule has 0 saturated carbocycles. The summed E-state index contributed by atoms with van der Waals surface area (Å²) < 4.78 is 47.8. The van der Waals surface area contributed by atoms with Crippen LogP contribution < -0.4 is 9.64 Å². The van der Waals surface area contributed by atoms with Crippen LogP contribution in [-0.4, -0.2) is 54.4 Å². The number of hydrogen-bond donors (Lipinski definition) is 1. The lowest BCUT2D eigenvalue weighted by atomic mass is 9.84. The first-order chi connectivity index (χ1) is 16.7. The highest BCUT2D eigenvalue weighted by atomic mass is 19.4. The van der Waals surface area contributed by atoms with E-state index in [1.807, 2.05) is 47.0 Å². The van der Waals surface area contributed by atoms with Gasteiger partial charge in [-0.05, 0) is 48.7 Å². The van der Waals surface area contributed by atoms with Gasteiger partial charge in [0.2, 0.25) is 0 Å². The van der Waals surface area contributed by atoms with E-state index in [-0.39, 0.29) is 5.65 Å². The largest absolute Gasteiger partial charge is 0.493 e. The van der Waals surface area contributed by atoms with Crippen molar-refractivity contribution in [2.75, 3.05) is 24.6 Å². The number of aromatic nitrogens is 6. The predicted molar refractivity (Wildman–Crippen MR) is 120 cm³/mol. The van der Waals surface area contributed by atoms with Gasteiger partial charge in [0.05, 0.1) is 12.2 Å². The molecule has 1 saturated heterocycles. The molecule has 1 aliphatic heterocycles. The number of fused-ring (bicyclic) bond motifs is 1. The number of anilines is 1. The van der Waals surface area contributed by atoms with Gasteiger partial charge in [0.15, 0.2) is 5.65 Å². The van der Waals surface area contributed by atoms with Crippen molar-refractivity contribution in [2.24, 2.45) is 7.05 Å². The Balaban J connectivity index is 1.22. The number of nitrogens with zero attached hydrogens (tertiary/aromatic N) is 7. The normalized spacial score (nSPS) is 16.1. The van der Waals surface area contributed by atoms with Crippen molar-refractivity contribution in [3.8, 4) is 5.75 Å². The standard InChI is InChI=1S/C23H24F3N7O2/c1-31-17(8-12-27-31)9-15-35-18-4-2-16(3-5-18)22(34)10-13-32(14-11-22)20-7-6-19-28-29-21(23(24,25)26)33(19)30-20/h2-8,12,34H,9-11,13-15H2,1H3. The summed E-state index contributed by atoms with van der Waals surface area (Å²) in [5, 5.41) is 26.2. The van der Waals surface area contributed by atoms with E-state index in [4.69, 9.17) is 4.74 Å². The first-order valence-corrected chi connectivity index (χ1v) is 11.2. The van der Waals surface area contributed by atoms with Gasteiger partial charge in [-0.2, -0.15) is 22.8 Å². The van der Waals surface area contributed by atoms with E-state index < -0.39 is 17.6 Å². The maximum Gasteiger partial charge on any atom is 0.453 e. The molecule has 0 bridgehead atoms. The molecule has 1 aliphatic rings. The topological polar surface area (TPSA) is 93.6 Å². The molecule has 0 radical (unpaired) electrons. The van der Waals surface area contributed by atoms with Gasteiger partial charge in [0.1, 0.15) is 11.6 Å². The highest BCUT2D eigenvalue weighted by Crippen LogP contribution is 2.35. The monoisotopic (exact) mass is 487 g/mol. The molecule has 1 fully saturated rings. The number of benzene rings is 1. The summed E-state index contributed by atoms with van der Waals surface area (Å²) in [5.74, 6) is -0.0728. The van der Waals surface area contributed by atoms with Crippen LogP contribution in [0.15, 0.2) is 48.7 Å². The van der Waals surface area contributed by atoms with Crippen molar-refractivity contribution >= 4 is 11.5 Å². The number of piperidine rings is 1. The second-order valence-electron chi connectivity index (χ2n) is 8.57. The molecule has 9 nitrogen and oxygen atoms in total. The Labute approximate surface area is 198 Å². The fraction of sp³-hybridized carbons (Fsp3) is 0.391. The number of rotatable bonds is 6. The summed E-state index contributed by atoms with van der Waals surface area (Å²) in [7, 11) is 1.89. The predicted octanol–water partition coefficient (Wildman–Crippen LogP) is 2.99. The summed E-state index contributed by atoms with van der Waals surface area (Å²) in [6, 6.07) is 12.4. The van der Waals surface area contributed by atoms with E-state index in [9.17, 15) is 18.3 Å². The molecule has 0 spiro atoms. The van der Waals surface area contributed by atoms with Crippen LogP contribution in [0.2, 0.25) is 0 Å². The van der Waals surface area contributed by atoms with Gasteiger partial charge < -0.3 is 14.7 Å². The second kappa shape index (κ2) is 8.84. The molecule has 1 aromatic carbocycles. The lowest BCUT2D eigenvalue weighted by molar-refractivity contribution is -0.146. The van der Waals surface area contributed by atoms with Crippen LogP contribution in [0.25, 0.3) is 5.65 Å². The molecule has 0 amide bonds. The third-order valence-corrected chi connectivity index (χ3v) is 6.36. The molecule has 4 aromatic rings. The summed E-state index contributed by atoms with van der Waals surface area (Å²) in [6.45, 7) is 1.38. The minimum atomic E-state index is -4.65. The van der Waals surface area contributed by atoms with E-state index in [0.717, 1.165) is 17.7 Å². The molecule has 184 valence electrons. The average Bonchev–Trinajstić information content (AvgIpc) is 3.45. The number of aryl methyl sites for hydroxylation is 1. The molecule has 0 atom stereocenters. The molecule has 0 aliphatic carbocycles. The number of ether oxygens (including phenoxy) is 1. The fourth-order valence-electron chi connectivity index (χ4n) is 4.30. The SMILES string of the molecule is Cn1nccc1CCOc1ccc(C2(O)CCN(c3ccc4nnc(C(F)(F)F)n4n3)CC2)cc1. The van der Waals surface area contributed by atoms with Crippen molar-refractivity contribution < 1.29 is 23.0 Å². The maximum atomic E-state index is 13.2. The first-order valence-electron chi connectivity index (χ1n) is 11.2. The quantitative estimate of drug-likeness (QED) is 0.447. The van der Waals surface area contributed by atoms with Crippen molar-refractivity contribution in [2.45, 2.75) is 31.0 Å². The number of hydrogen-bond acceptors (Lipinski definition) is 7. The lowest BCUT2D eigenvalue weighted by Crippen LogP contribution is -2.43. The van der Waals surface area contributed by atoms with Gasteiger partial charge in [0.25, 0.3) is 5.82 Å². The first kappa shape index (κ1) is 23.1. The van der Waals surface area contributed by atoms with E-state index in [0.29, 0.717) is 48.6 Å². The van der Waals surface area contributed by atoms with Gasteiger partial charge in [-0.3, -0.25) is 4.68 Å². The van der Waals surface area contributed by atoms with Crippen LogP contribution in [0.1, 0.15) is 29.9 Å². The van der Waals surface area contributed by atoms with Crippen LogP contribution in [0.4, 0.5) is 19.0 Å². The Hall–Kier alpha value is -3.67. The summed E-state index contributed by atoms with van der Waals surface area (Å²) in [4.78, 5) is 1.85. The van der Waals surface area contributed by atoms with Gasteiger partial charge in [-0.1, -0.05) is 12.1 Å². The number of alkyl halides is 3. The van der Waals surface area contributed by atoms with Crippen molar-refractivity contribution in [3.63, 3.8) is 0 Å². The van der Waals surface area contributed by atoms with E-state index in [1.165, 1.54) is 6.07 Å². The Morgan fingerprint density at radius 2 is 1.77 bits per heavy atom. The van der Waals surface area contributed by atoms with E-state index in [1.54, 1.807) is 12.3 Å². The Kier molecular flexibility index (Phi) is 5.83. The zero-order valence-electron chi connectivity index (χ0n) is 19.0. The minimum absolute atomic E-state index is 0.0252. The molecular weight excluding hydrogens is 463 g/mol. The van der Waals surface area contributed by atoms with Crippen LogP contribution in [0, 0.1) is 0 Å². The lowest BCUT2D eigenvalue weighted by Gasteiger charge is -2.39. The van der Waals surface area contributed by atoms with Crippen molar-refractivity contribution in [1.82, 2.24) is 29.6 Å². The summed E-state index contributed by atoms with van der Waals surface area (Å²) >= 11 is 0. The van der Waals surface area contributed by atoms with E-state index >= 15 is 0 Å². The molecular formula is C23H24F3N7O2. The summed E-state index contributed by atoms with van der Waals surface area (Å²) in [5.41, 5.74) is 0.840. The maximum absolute atomic E-state index is 13.2. The van der Waals surface area contributed by atoms with Crippen LogP contribution >= 0.6 is 0 Å². The van der Waals surface area contributed by atoms with Gasteiger partial charge in [0, 0.05) is 38.4 Å². The molecule has 1 N–H and O–H groups in total. The minimum Gasteiger partial charge on any atom is -0.493 e. The zero-order valence-corrected chi connectivity index (χ0v) is 19.0. The molecule has 0 unspecified atom stereocenters. The van der Waals surface area contributed by atoms with Crippen LogP contribution in [-0.2, 0) is 25.2 Å². The van der Waals surface area contributed by atoms with Crippen LogP contribution in [0.3, 0.4) is 0 Å². The zero-order chi connectivity index (χ0) is 24.6. The van der Waals surface area contributed by atoms with E-state index in [2.05, 4.69) is 20.4 Å². The Morgan fingerprint density at radius 3 is 2.43 bits per heavy atom. The van der Waals surface area contributed by atoms with Crippen molar-refractivity contribution in [1.29, 1.82) is 0 Å². The second-order valence-corrected chi connectivity index (χ2v) is 8.57. The highest BCUT2D eigenvalue weighted by molar-refractivity contribution is 5.46.